The van der Waals surface area contributed by atoms with E-state index in [-0.39, 0.29) is 4.32 Å². The highest BCUT2D eigenvalue weighted by Gasteiger charge is 2.33. The normalized spacial score (nSPS) is 14.8. The van der Waals surface area contributed by atoms with Crippen LogP contribution in [0.4, 0.5) is 0 Å². The van der Waals surface area contributed by atoms with Gasteiger partial charge in [-0.15, -0.1) is 0 Å². The number of hydrogen-bond acceptors (Lipinski definition) is 7. The number of benzene rings is 2. The van der Waals surface area contributed by atoms with Gasteiger partial charge in [-0.05, 0) is 60.3 Å². The number of nitrogens with zero attached hydrogens (tertiary/aromatic N) is 1. The standard InChI is InChI=1S/C20H16N2O5S2/c1-26-15-9-7-13(8-10-15)17(23)21-22-18(24)16(29-20(22)28)11-12-3-5-14(6-4-12)19(25)27-2/h3-11H,1-2H3,(H,21,23). The fraction of sp³-hybridized carbons (Fsp3) is 0.100. The molecule has 1 aliphatic rings. The van der Waals surface area contributed by atoms with Crippen molar-refractivity contribution < 1.29 is 23.9 Å². The van der Waals surface area contributed by atoms with Gasteiger partial charge >= 0.3 is 5.97 Å². The van der Waals surface area contributed by atoms with E-state index in [1.807, 2.05) is 0 Å². The van der Waals surface area contributed by atoms with Crippen LogP contribution in [0.25, 0.3) is 6.08 Å². The van der Waals surface area contributed by atoms with Gasteiger partial charge < -0.3 is 9.47 Å². The van der Waals surface area contributed by atoms with E-state index in [0.29, 0.717) is 27.3 Å². The molecule has 7 nitrogen and oxygen atoms in total. The van der Waals surface area contributed by atoms with Crippen LogP contribution in [-0.2, 0) is 9.53 Å². The molecule has 2 amide bonds. The summed E-state index contributed by atoms with van der Waals surface area (Å²) < 4.78 is 9.93. The minimum atomic E-state index is -0.465. The number of methoxy groups -OCH3 is 2. The lowest BCUT2D eigenvalue weighted by Gasteiger charge is -2.15. The second-order valence-corrected chi connectivity index (χ2v) is 7.48. The van der Waals surface area contributed by atoms with Crippen LogP contribution < -0.4 is 10.2 Å². The molecule has 1 saturated heterocycles. The molecule has 2 aromatic rings. The maximum absolute atomic E-state index is 12.6. The summed E-state index contributed by atoms with van der Waals surface area (Å²) >= 11 is 6.30. The lowest BCUT2D eigenvalue weighted by atomic mass is 10.1. The molecule has 3 rings (SSSR count). The maximum atomic E-state index is 12.6. The molecule has 0 bridgehead atoms. The zero-order chi connectivity index (χ0) is 21.0. The lowest BCUT2D eigenvalue weighted by Crippen LogP contribution is -2.44. The summed E-state index contributed by atoms with van der Waals surface area (Å²) in [5.74, 6) is -0.719. The number of rotatable bonds is 5. The van der Waals surface area contributed by atoms with Crippen LogP contribution in [0.15, 0.2) is 53.4 Å². The highest BCUT2D eigenvalue weighted by molar-refractivity contribution is 8.26. The summed E-state index contributed by atoms with van der Waals surface area (Å²) in [5.41, 5.74) is 4.00. The third-order valence-electron chi connectivity index (χ3n) is 3.99. The molecule has 1 fully saturated rings. The second kappa shape index (κ2) is 8.89. The van der Waals surface area contributed by atoms with Crippen molar-refractivity contribution in [1.82, 2.24) is 10.4 Å². The van der Waals surface area contributed by atoms with Crippen molar-refractivity contribution in [1.29, 1.82) is 0 Å². The van der Waals surface area contributed by atoms with Crippen LogP contribution in [0.3, 0.4) is 0 Å². The summed E-state index contributed by atoms with van der Waals surface area (Å²) in [4.78, 5) is 36.9. The molecular formula is C20H16N2O5S2. The van der Waals surface area contributed by atoms with Gasteiger partial charge in [-0.3, -0.25) is 15.0 Å². The number of thiocarbonyl (C=S) groups is 1. The molecule has 0 atom stereocenters. The fourth-order valence-electron chi connectivity index (χ4n) is 2.46. The molecule has 1 aliphatic heterocycles. The summed E-state index contributed by atoms with van der Waals surface area (Å²) in [7, 11) is 2.84. The van der Waals surface area contributed by atoms with Crippen LogP contribution in [0.5, 0.6) is 5.75 Å². The Labute approximate surface area is 176 Å². The molecule has 1 heterocycles. The molecule has 9 heteroatoms. The second-order valence-electron chi connectivity index (χ2n) is 5.80. The first kappa shape index (κ1) is 20.6. The van der Waals surface area contributed by atoms with Gasteiger partial charge in [0.1, 0.15) is 5.75 Å². The number of carbonyl (C=O) groups is 3. The minimum Gasteiger partial charge on any atom is -0.497 e. The fourth-order valence-corrected chi connectivity index (χ4v) is 3.64. The van der Waals surface area contributed by atoms with Gasteiger partial charge in [0.2, 0.25) is 0 Å². The molecule has 0 spiro atoms. The first-order chi connectivity index (χ1) is 13.9. The molecule has 0 unspecified atom stereocenters. The maximum Gasteiger partial charge on any atom is 0.337 e. The van der Waals surface area contributed by atoms with E-state index in [1.54, 1.807) is 54.6 Å². The molecule has 2 aromatic carbocycles. The van der Waals surface area contributed by atoms with Crippen molar-refractivity contribution in [2.45, 2.75) is 0 Å². The molecule has 0 aromatic heterocycles. The number of ether oxygens (including phenoxy) is 2. The van der Waals surface area contributed by atoms with Crippen LogP contribution in [0.1, 0.15) is 26.3 Å². The van der Waals surface area contributed by atoms with Crippen LogP contribution in [0, 0.1) is 0 Å². The highest BCUT2D eigenvalue weighted by Crippen LogP contribution is 2.31. The van der Waals surface area contributed by atoms with Crippen molar-refractivity contribution in [3.05, 3.63) is 70.1 Å². The van der Waals surface area contributed by atoms with E-state index in [0.717, 1.165) is 16.8 Å². The van der Waals surface area contributed by atoms with Gasteiger partial charge in [0.05, 0.1) is 24.7 Å². The predicted octanol–water partition coefficient (Wildman–Crippen LogP) is 3.03. The Hall–Kier alpha value is -3.17. The summed E-state index contributed by atoms with van der Waals surface area (Å²) in [5, 5.41) is 1.04. The van der Waals surface area contributed by atoms with E-state index in [1.165, 1.54) is 14.2 Å². The third-order valence-corrected chi connectivity index (χ3v) is 5.29. The first-order valence-corrected chi connectivity index (χ1v) is 9.57. The smallest absolute Gasteiger partial charge is 0.337 e. The number of thioether (sulfide) groups is 1. The summed E-state index contributed by atoms with van der Waals surface area (Å²) in [6.07, 6.45) is 1.64. The predicted molar refractivity (Wildman–Crippen MR) is 113 cm³/mol. The highest BCUT2D eigenvalue weighted by atomic mass is 32.2. The minimum absolute atomic E-state index is 0.217. The Bertz CT molecular complexity index is 1000. The topological polar surface area (TPSA) is 84.9 Å². The van der Waals surface area contributed by atoms with Crippen LogP contribution in [0.2, 0.25) is 0 Å². The summed E-state index contributed by atoms with van der Waals surface area (Å²) in [6, 6.07) is 13.1. The number of amides is 2. The van der Waals surface area contributed by atoms with E-state index in [9.17, 15) is 14.4 Å². The van der Waals surface area contributed by atoms with Gasteiger partial charge in [0.15, 0.2) is 4.32 Å². The van der Waals surface area contributed by atoms with Gasteiger partial charge in [-0.2, -0.15) is 5.01 Å². The largest absolute Gasteiger partial charge is 0.497 e. The number of carbonyl (C=O) groups excluding carboxylic acids is 3. The van der Waals surface area contributed by atoms with Gasteiger partial charge in [-0.1, -0.05) is 23.9 Å². The van der Waals surface area contributed by atoms with Gasteiger partial charge in [0, 0.05) is 5.56 Å². The SMILES string of the molecule is COC(=O)c1ccc(C=C2SC(=S)N(NC(=O)c3ccc(OC)cc3)C2=O)cc1. The quantitative estimate of drug-likeness (QED) is 0.445. The van der Waals surface area contributed by atoms with Crippen molar-refractivity contribution in [3.8, 4) is 5.75 Å². The first-order valence-electron chi connectivity index (χ1n) is 8.34. The van der Waals surface area contributed by atoms with Crippen molar-refractivity contribution in [3.63, 3.8) is 0 Å². The van der Waals surface area contributed by atoms with Crippen LogP contribution in [-0.4, -0.2) is 41.3 Å². The average molecular weight is 428 g/mol. The van der Waals surface area contributed by atoms with Crippen molar-refractivity contribution in [2.24, 2.45) is 0 Å². The van der Waals surface area contributed by atoms with Crippen molar-refractivity contribution >= 4 is 52.2 Å². The van der Waals surface area contributed by atoms with Crippen LogP contribution >= 0.6 is 24.0 Å². The van der Waals surface area contributed by atoms with Gasteiger partial charge in [-0.25, -0.2) is 4.79 Å². The lowest BCUT2D eigenvalue weighted by molar-refractivity contribution is -0.123. The van der Waals surface area contributed by atoms with Crippen molar-refractivity contribution in [2.75, 3.05) is 14.2 Å². The Kier molecular flexibility index (Phi) is 6.30. The Morgan fingerprint density at radius 2 is 1.66 bits per heavy atom. The van der Waals surface area contributed by atoms with E-state index < -0.39 is 17.8 Å². The molecule has 29 heavy (non-hydrogen) atoms. The average Bonchev–Trinajstić information content (AvgIpc) is 3.01. The molecule has 0 saturated carbocycles. The zero-order valence-corrected chi connectivity index (χ0v) is 17.1. The Balaban J connectivity index is 1.72. The number of nitrogens with one attached hydrogen (secondary N) is 1. The van der Waals surface area contributed by atoms with E-state index in [2.05, 4.69) is 10.2 Å². The van der Waals surface area contributed by atoms with E-state index in [4.69, 9.17) is 17.0 Å². The molecule has 0 aliphatic carbocycles. The number of hydrazine groups is 1. The van der Waals surface area contributed by atoms with E-state index >= 15 is 0 Å². The monoisotopic (exact) mass is 428 g/mol. The Morgan fingerprint density at radius 1 is 1.03 bits per heavy atom. The molecule has 148 valence electrons. The molecular weight excluding hydrogens is 412 g/mol. The number of esters is 1. The third kappa shape index (κ3) is 4.64. The zero-order valence-electron chi connectivity index (χ0n) is 15.5. The number of hydrogen-bond donors (Lipinski definition) is 1. The van der Waals surface area contributed by atoms with Gasteiger partial charge in [0.25, 0.3) is 11.8 Å². The Morgan fingerprint density at radius 3 is 2.24 bits per heavy atom. The summed E-state index contributed by atoms with van der Waals surface area (Å²) in [6.45, 7) is 0. The molecule has 1 N–H and O–H groups in total. The molecule has 0 radical (unpaired) electrons.